The molecule has 23 heavy (non-hydrogen) atoms. The third-order valence-electron chi connectivity index (χ3n) is 4.14. The highest BCUT2D eigenvalue weighted by Gasteiger charge is 2.33. The van der Waals surface area contributed by atoms with Crippen LogP contribution in [-0.2, 0) is 0 Å². The first-order valence-electron chi connectivity index (χ1n) is 7.62. The van der Waals surface area contributed by atoms with Gasteiger partial charge in [-0.25, -0.2) is 9.50 Å². The maximum Gasteiger partial charge on any atom is 0.259 e. The molecule has 1 unspecified atom stereocenters. The third kappa shape index (κ3) is 2.34. The minimum Gasteiger partial charge on any atom is -0.330 e. The first-order valence-corrected chi connectivity index (χ1v) is 7.62. The number of amides is 1. The van der Waals surface area contributed by atoms with E-state index in [1.54, 1.807) is 41.6 Å². The average molecular weight is 308 g/mol. The summed E-state index contributed by atoms with van der Waals surface area (Å²) in [7, 11) is 0. The first-order chi connectivity index (χ1) is 11.2. The normalized spacial score (nSPS) is 17.8. The average Bonchev–Trinajstić information content (AvgIpc) is 3.21. The van der Waals surface area contributed by atoms with E-state index in [0.29, 0.717) is 17.8 Å². The molecule has 3 aromatic heterocycles. The fraction of sp³-hybridized carbons (Fsp3) is 0.312. The van der Waals surface area contributed by atoms with Gasteiger partial charge in [0.25, 0.3) is 5.91 Å². The largest absolute Gasteiger partial charge is 0.330 e. The summed E-state index contributed by atoms with van der Waals surface area (Å²) in [4.78, 5) is 27.8. The molecule has 0 N–H and O–H groups in total. The van der Waals surface area contributed by atoms with Crippen LogP contribution < -0.4 is 0 Å². The molecular weight excluding hydrogens is 292 g/mol. The number of carbonyl (C=O) groups excluding carboxylic acids is 1. The molecule has 1 saturated heterocycles. The zero-order valence-corrected chi connectivity index (χ0v) is 12.8. The van der Waals surface area contributed by atoms with Gasteiger partial charge in [0.1, 0.15) is 5.56 Å². The van der Waals surface area contributed by atoms with Crippen molar-refractivity contribution in [2.24, 2.45) is 0 Å². The van der Waals surface area contributed by atoms with Crippen molar-refractivity contribution in [3.63, 3.8) is 0 Å². The molecule has 0 aromatic carbocycles. The summed E-state index contributed by atoms with van der Waals surface area (Å²) in [5, 5.41) is 4.20. The quantitative estimate of drug-likeness (QED) is 0.721. The number of fused-ring (bicyclic) bond motifs is 1. The number of aromatic nitrogens is 5. The Hall–Kier alpha value is -2.83. The van der Waals surface area contributed by atoms with Crippen molar-refractivity contribution in [1.82, 2.24) is 29.5 Å². The molecule has 4 rings (SSSR count). The summed E-state index contributed by atoms with van der Waals surface area (Å²) in [5.74, 6) is -0.0514. The molecule has 7 heteroatoms. The van der Waals surface area contributed by atoms with Crippen LogP contribution in [0.5, 0.6) is 0 Å². The van der Waals surface area contributed by atoms with E-state index < -0.39 is 0 Å². The molecule has 1 aliphatic rings. The Morgan fingerprint density at radius 1 is 1.30 bits per heavy atom. The second kappa shape index (κ2) is 5.42. The second-order valence-corrected chi connectivity index (χ2v) is 5.69. The molecule has 7 nitrogen and oxygen atoms in total. The predicted octanol–water partition coefficient (Wildman–Crippen LogP) is 1.81. The first kappa shape index (κ1) is 13.8. The van der Waals surface area contributed by atoms with Crippen molar-refractivity contribution in [2.75, 3.05) is 6.54 Å². The summed E-state index contributed by atoms with van der Waals surface area (Å²) in [6, 6.07) is 1.75. The number of likely N-dealkylation sites (tertiary alicyclic amines) is 1. The standard InChI is InChI=1S/C16H16N6O/c1-11-8-17-10-13(20-11)14-4-2-6-21(14)16(23)12-9-19-22-7-3-5-18-15(12)22/h3,5,7-10,14H,2,4,6H2,1H3. The van der Waals surface area contributed by atoms with Gasteiger partial charge in [-0.3, -0.25) is 14.8 Å². The highest BCUT2D eigenvalue weighted by molar-refractivity contribution is 5.99. The topological polar surface area (TPSA) is 76.3 Å². The predicted molar refractivity (Wildman–Crippen MR) is 82.8 cm³/mol. The van der Waals surface area contributed by atoms with Gasteiger partial charge in [-0.05, 0) is 25.8 Å². The smallest absolute Gasteiger partial charge is 0.259 e. The molecule has 4 heterocycles. The summed E-state index contributed by atoms with van der Waals surface area (Å²) < 4.78 is 1.62. The molecule has 1 amide bonds. The van der Waals surface area contributed by atoms with Crippen molar-refractivity contribution >= 4 is 11.6 Å². The van der Waals surface area contributed by atoms with Gasteiger partial charge in [0.05, 0.1) is 29.8 Å². The number of carbonyl (C=O) groups is 1. The third-order valence-corrected chi connectivity index (χ3v) is 4.14. The molecule has 0 saturated carbocycles. The Bertz CT molecular complexity index is 874. The Balaban J connectivity index is 1.70. The van der Waals surface area contributed by atoms with E-state index in [2.05, 4.69) is 20.1 Å². The van der Waals surface area contributed by atoms with Gasteiger partial charge >= 0.3 is 0 Å². The van der Waals surface area contributed by atoms with Crippen LogP contribution in [0, 0.1) is 6.92 Å². The molecule has 1 atom stereocenters. The molecule has 1 fully saturated rings. The van der Waals surface area contributed by atoms with Gasteiger partial charge in [-0.15, -0.1) is 0 Å². The van der Waals surface area contributed by atoms with Gasteiger partial charge in [-0.2, -0.15) is 5.10 Å². The van der Waals surface area contributed by atoms with Crippen molar-refractivity contribution in [2.45, 2.75) is 25.8 Å². The van der Waals surface area contributed by atoms with Gasteiger partial charge in [0.15, 0.2) is 5.65 Å². The van der Waals surface area contributed by atoms with E-state index in [9.17, 15) is 4.79 Å². The molecule has 116 valence electrons. The maximum atomic E-state index is 13.0. The molecule has 0 radical (unpaired) electrons. The summed E-state index contributed by atoms with van der Waals surface area (Å²) in [5.41, 5.74) is 2.82. The van der Waals surface area contributed by atoms with Gasteiger partial charge in [0.2, 0.25) is 0 Å². The number of aryl methyl sites for hydroxylation is 1. The Morgan fingerprint density at radius 3 is 3.09 bits per heavy atom. The SMILES string of the molecule is Cc1cncc(C2CCCN2C(=O)c2cnn3cccnc23)n1. The van der Waals surface area contributed by atoms with E-state index >= 15 is 0 Å². The number of hydrogen-bond acceptors (Lipinski definition) is 5. The van der Waals surface area contributed by atoms with E-state index in [1.807, 2.05) is 11.8 Å². The second-order valence-electron chi connectivity index (χ2n) is 5.69. The molecular formula is C16H16N6O. The van der Waals surface area contributed by atoms with Crippen LogP contribution in [0.15, 0.2) is 37.1 Å². The maximum absolute atomic E-state index is 13.0. The van der Waals surface area contributed by atoms with E-state index in [4.69, 9.17) is 0 Å². The van der Waals surface area contributed by atoms with Crippen LogP contribution in [0.1, 0.15) is 40.6 Å². The lowest BCUT2D eigenvalue weighted by molar-refractivity contribution is 0.0734. The lowest BCUT2D eigenvalue weighted by Crippen LogP contribution is -2.31. The number of nitrogens with zero attached hydrogens (tertiary/aromatic N) is 6. The van der Waals surface area contributed by atoms with E-state index in [0.717, 1.165) is 24.2 Å². The molecule has 3 aromatic rings. The van der Waals surface area contributed by atoms with Gasteiger partial charge < -0.3 is 4.90 Å². The van der Waals surface area contributed by atoms with Crippen molar-refractivity contribution in [3.05, 3.63) is 54.0 Å². The summed E-state index contributed by atoms with van der Waals surface area (Å²) >= 11 is 0. The molecule has 0 spiro atoms. The number of rotatable bonds is 2. The monoisotopic (exact) mass is 308 g/mol. The van der Waals surface area contributed by atoms with Gasteiger partial charge in [0, 0.05) is 25.1 Å². The lowest BCUT2D eigenvalue weighted by Gasteiger charge is -2.23. The van der Waals surface area contributed by atoms with Gasteiger partial charge in [-0.1, -0.05) is 0 Å². The van der Waals surface area contributed by atoms with E-state index in [1.165, 1.54) is 0 Å². The lowest BCUT2D eigenvalue weighted by atomic mass is 10.1. The fourth-order valence-corrected chi connectivity index (χ4v) is 3.09. The molecule has 1 aliphatic heterocycles. The van der Waals surface area contributed by atoms with Crippen LogP contribution in [0.4, 0.5) is 0 Å². The fourth-order valence-electron chi connectivity index (χ4n) is 3.09. The van der Waals surface area contributed by atoms with Crippen molar-refractivity contribution in [3.8, 4) is 0 Å². The summed E-state index contributed by atoms with van der Waals surface area (Å²) in [6.45, 7) is 2.62. The Morgan fingerprint density at radius 2 is 2.22 bits per heavy atom. The summed E-state index contributed by atoms with van der Waals surface area (Å²) in [6.07, 6.45) is 10.4. The van der Waals surface area contributed by atoms with E-state index in [-0.39, 0.29) is 11.9 Å². The highest BCUT2D eigenvalue weighted by atomic mass is 16.2. The minimum atomic E-state index is -0.0514. The van der Waals surface area contributed by atoms with Crippen molar-refractivity contribution in [1.29, 1.82) is 0 Å². The van der Waals surface area contributed by atoms with Crippen LogP contribution >= 0.6 is 0 Å². The van der Waals surface area contributed by atoms with Crippen LogP contribution in [-0.4, -0.2) is 41.9 Å². The zero-order valence-electron chi connectivity index (χ0n) is 12.8. The molecule has 0 aliphatic carbocycles. The van der Waals surface area contributed by atoms with Crippen LogP contribution in [0.2, 0.25) is 0 Å². The Labute approximate surface area is 133 Å². The highest BCUT2D eigenvalue weighted by Crippen LogP contribution is 2.32. The van der Waals surface area contributed by atoms with Crippen LogP contribution in [0.25, 0.3) is 5.65 Å². The minimum absolute atomic E-state index is 0.0337. The zero-order chi connectivity index (χ0) is 15.8. The number of hydrogen-bond donors (Lipinski definition) is 0. The van der Waals surface area contributed by atoms with Crippen LogP contribution in [0.3, 0.4) is 0 Å². The van der Waals surface area contributed by atoms with Crippen molar-refractivity contribution < 1.29 is 4.79 Å². The molecule has 0 bridgehead atoms. The Kier molecular flexibility index (Phi) is 3.25.